The van der Waals surface area contributed by atoms with Gasteiger partial charge in [-0.05, 0) is 12.5 Å². The van der Waals surface area contributed by atoms with E-state index >= 15 is 0 Å². The van der Waals surface area contributed by atoms with Crippen LogP contribution in [0.4, 0.5) is 0 Å². The molecule has 0 aliphatic carbocycles. The first-order valence-corrected chi connectivity index (χ1v) is 5.03. The van der Waals surface area contributed by atoms with Crippen molar-refractivity contribution in [2.45, 2.75) is 13.3 Å². The van der Waals surface area contributed by atoms with Crippen molar-refractivity contribution >= 4 is 7.82 Å². The van der Waals surface area contributed by atoms with Crippen LogP contribution in [0.25, 0.3) is 0 Å². The summed E-state index contributed by atoms with van der Waals surface area (Å²) in [7, 11) is -3.90. The first-order chi connectivity index (χ1) is 5.62. The summed E-state index contributed by atoms with van der Waals surface area (Å²) in [4.78, 5) is 8.88. The minimum atomic E-state index is -3.90. The fourth-order valence-electron chi connectivity index (χ4n) is 0.393. The molecule has 5 heteroatoms. The predicted molar refractivity (Wildman–Crippen MR) is 46.5 cm³/mol. The third kappa shape index (κ3) is 6.16. The average molecular weight is 192 g/mol. The lowest BCUT2D eigenvalue weighted by Crippen LogP contribution is -1.90. The molecule has 4 nitrogen and oxygen atoms in total. The second-order valence-electron chi connectivity index (χ2n) is 1.94. The van der Waals surface area contributed by atoms with Crippen LogP contribution < -0.4 is 0 Å². The maximum Gasteiger partial charge on any atom is 0.527 e. The Balaban J connectivity index is 3.78. The number of phosphoric ester groups is 1. The van der Waals surface area contributed by atoms with Gasteiger partial charge in [0.05, 0.1) is 12.9 Å². The van der Waals surface area contributed by atoms with Crippen molar-refractivity contribution in [1.29, 1.82) is 0 Å². The highest BCUT2D eigenvalue weighted by Gasteiger charge is 2.18. The van der Waals surface area contributed by atoms with Gasteiger partial charge in [0, 0.05) is 0 Å². The summed E-state index contributed by atoms with van der Waals surface area (Å²) in [5, 5.41) is 0. The van der Waals surface area contributed by atoms with Crippen LogP contribution in [0.2, 0.25) is 0 Å². The van der Waals surface area contributed by atoms with Gasteiger partial charge in [-0.25, -0.2) is 4.57 Å². The van der Waals surface area contributed by atoms with Gasteiger partial charge in [0.2, 0.25) is 0 Å². The maximum atomic E-state index is 10.9. The van der Waals surface area contributed by atoms with Crippen molar-refractivity contribution in [3.63, 3.8) is 0 Å². The minimum absolute atomic E-state index is 0.00621. The summed E-state index contributed by atoms with van der Waals surface area (Å²) in [5.74, 6) is 0. The molecule has 0 spiro atoms. The summed E-state index contributed by atoms with van der Waals surface area (Å²) in [6.07, 6.45) is 4.88. The first kappa shape index (κ1) is 11.4. The molecule has 0 heterocycles. The second kappa shape index (κ2) is 6.00. The third-order valence-corrected chi connectivity index (χ3v) is 1.75. The Labute approximate surface area is 72.1 Å². The Morgan fingerprint density at radius 2 is 2.33 bits per heavy atom. The number of rotatable bonds is 6. The van der Waals surface area contributed by atoms with Gasteiger partial charge in [0.1, 0.15) is 0 Å². The summed E-state index contributed by atoms with van der Waals surface area (Å²) in [5.41, 5.74) is 0. The van der Waals surface area contributed by atoms with Gasteiger partial charge in [-0.3, -0.25) is 9.42 Å². The lowest BCUT2D eigenvalue weighted by Gasteiger charge is -2.07. The van der Waals surface area contributed by atoms with Crippen LogP contribution in [-0.2, 0) is 13.6 Å². The Morgan fingerprint density at radius 1 is 1.67 bits per heavy atom. The second-order valence-corrected chi connectivity index (χ2v) is 3.34. The number of phosphoric acid groups is 1. The first-order valence-electron chi connectivity index (χ1n) is 3.54. The monoisotopic (exact) mass is 192 g/mol. The Hall–Kier alpha value is -0.570. The van der Waals surface area contributed by atoms with E-state index in [1.165, 1.54) is 6.08 Å². The summed E-state index contributed by atoms with van der Waals surface area (Å²) in [6.45, 7) is 5.20. The molecule has 0 amide bonds. The van der Waals surface area contributed by atoms with E-state index < -0.39 is 7.82 Å². The van der Waals surface area contributed by atoms with Crippen LogP contribution in [0.3, 0.4) is 0 Å². The van der Waals surface area contributed by atoms with E-state index in [9.17, 15) is 4.57 Å². The van der Waals surface area contributed by atoms with E-state index in [0.29, 0.717) is 0 Å². The molecule has 1 N–H and O–H groups in total. The largest absolute Gasteiger partial charge is 0.527 e. The van der Waals surface area contributed by atoms with Crippen molar-refractivity contribution in [1.82, 2.24) is 0 Å². The molecule has 12 heavy (non-hydrogen) atoms. The quantitative estimate of drug-likeness (QED) is 0.398. The molecular weight excluding hydrogens is 179 g/mol. The van der Waals surface area contributed by atoms with Crippen LogP contribution in [0, 0.1) is 0 Å². The highest BCUT2D eigenvalue weighted by atomic mass is 31.2. The van der Waals surface area contributed by atoms with E-state index in [-0.39, 0.29) is 6.61 Å². The molecule has 0 aromatic heterocycles. The van der Waals surface area contributed by atoms with Crippen molar-refractivity contribution < 1.29 is 18.5 Å². The van der Waals surface area contributed by atoms with Crippen molar-refractivity contribution in [2.24, 2.45) is 0 Å². The van der Waals surface area contributed by atoms with E-state index in [1.54, 1.807) is 6.08 Å². The van der Waals surface area contributed by atoms with E-state index in [0.717, 1.165) is 12.7 Å². The molecule has 0 aliphatic rings. The van der Waals surface area contributed by atoms with Crippen molar-refractivity contribution in [3.05, 3.63) is 25.0 Å². The lowest BCUT2D eigenvalue weighted by molar-refractivity contribution is 0.204. The van der Waals surface area contributed by atoms with Gasteiger partial charge in [0.25, 0.3) is 0 Å². The minimum Gasteiger partial charge on any atom is -0.412 e. The van der Waals surface area contributed by atoms with E-state index in [1.807, 2.05) is 6.92 Å². The fraction of sp³-hybridized carbons (Fsp3) is 0.429. The Kier molecular flexibility index (Phi) is 5.72. The van der Waals surface area contributed by atoms with Crippen molar-refractivity contribution in [2.75, 3.05) is 6.61 Å². The molecule has 0 bridgehead atoms. The zero-order valence-corrected chi connectivity index (χ0v) is 7.87. The molecule has 1 unspecified atom stereocenters. The van der Waals surface area contributed by atoms with Gasteiger partial charge < -0.3 is 4.52 Å². The highest BCUT2D eigenvalue weighted by Crippen LogP contribution is 2.43. The molecule has 0 fully saturated rings. The van der Waals surface area contributed by atoms with Crippen LogP contribution in [0.15, 0.2) is 25.0 Å². The maximum absolute atomic E-state index is 10.9. The molecule has 0 radical (unpaired) electrons. The average Bonchev–Trinajstić information content (AvgIpc) is 2.01. The molecule has 0 saturated carbocycles. The molecule has 70 valence electrons. The molecule has 0 aliphatic heterocycles. The summed E-state index contributed by atoms with van der Waals surface area (Å²) >= 11 is 0. The normalized spacial score (nSPS) is 15.8. The van der Waals surface area contributed by atoms with Crippen molar-refractivity contribution in [3.8, 4) is 0 Å². The topological polar surface area (TPSA) is 55.8 Å². The van der Waals surface area contributed by atoms with Crippen LogP contribution >= 0.6 is 7.82 Å². The number of hydrogen-bond acceptors (Lipinski definition) is 3. The predicted octanol–water partition coefficient (Wildman–Crippen LogP) is 2.23. The van der Waals surface area contributed by atoms with Crippen LogP contribution in [-0.4, -0.2) is 11.5 Å². The smallest absolute Gasteiger partial charge is 0.412 e. The Morgan fingerprint density at radius 3 is 2.83 bits per heavy atom. The summed E-state index contributed by atoms with van der Waals surface area (Å²) in [6, 6.07) is 0. The molecule has 0 rings (SSSR count). The van der Waals surface area contributed by atoms with E-state index in [4.69, 9.17) is 4.89 Å². The third-order valence-electron chi connectivity index (χ3n) is 0.882. The lowest BCUT2D eigenvalue weighted by atomic mass is 10.5. The van der Waals surface area contributed by atoms with Gasteiger partial charge in [-0.15, -0.1) is 6.58 Å². The van der Waals surface area contributed by atoms with E-state index in [2.05, 4.69) is 15.6 Å². The molecule has 0 aromatic carbocycles. The van der Waals surface area contributed by atoms with Crippen LogP contribution in [0.1, 0.15) is 13.3 Å². The molecule has 0 saturated heterocycles. The highest BCUT2D eigenvalue weighted by molar-refractivity contribution is 7.47. The zero-order valence-electron chi connectivity index (χ0n) is 6.97. The summed E-state index contributed by atoms with van der Waals surface area (Å²) < 4.78 is 19.7. The SMILES string of the molecule is C=CCOP(=O)(O)O/C=C/CC. The molecule has 0 aromatic rings. The fourth-order valence-corrected chi connectivity index (χ4v) is 0.988. The van der Waals surface area contributed by atoms with Crippen LogP contribution in [0.5, 0.6) is 0 Å². The number of allylic oxidation sites excluding steroid dienone is 1. The zero-order chi connectivity index (χ0) is 9.45. The standard InChI is InChI=1S/C7H13O4P/c1-3-5-7-11-12(8,9)10-6-4-2/h4-5,7H,2-3,6H2,1H3,(H,8,9)/b7-5+. The van der Waals surface area contributed by atoms with Gasteiger partial charge in [-0.2, -0.15) is 0 Å². The Bertz CT molecular complexity index is 200. The molecular formula is C7H13O4P. The molecule has 1 atom stereocenters. The van der Waals surface area contributed by atoms with Gasteiger partial charge >= 0.3 is 7.82 Å². The van der Waals surface area contributed by atoms with Gasteiger partial charge in [0.15, 0.2) is 0 Å². The van der Waals surface area contributed by atoms with Gasteiger partial charge in [-0.1, -0.05) is 13.0 Å². The number of hydrogen-bond donors (Lipinski definition) is 1.